The SMILES string of the molecule is CCO[SiH](OCC)C(CCCN)c1ccccc1. The van der Waals surface area contributed by atoms with Gasteiger partial charge in [-0.3, -0.25) is 0 Å². The molecule has 1 atom stereocenters. The van der Waals surface area contributed by atoms with Crippen molar-refractivity contribution in [3.8, 4) is 0 Å². The first-order valence-electron chi connectivity index (χ1n) is 6.81. The Hall–Kier alpha value is -0.683. The molecule has 0 aliphatic carbocycles. The summed E-state index contributed by atoms with van der Waals surface area (Å²) < 4.78 is 11.7. The van der Waals surface area contributed by atoms with Crippen LogP contribution in [0.3, 0.4) is 0 Å². The van der Waals surface area contributed by atoms with Crippen LogP contribution in [-0.4, -0.2) is 29.0 Å². The number of benzene rings is 1. The third-order valence-electron chi connectivity index (χ3n) is 2.94. The molecule has 0 spiro atoms. The lowest BCUT2D eigenvalue weighted by Gasteiger charge is -2.25. The average Bonchev–Trinajstić information content (AvgIpc) is 2.41. The molecule has 0 amide bonds. The van der Waals surface area contributed by atoms with E-state index < -0.39 is 9.28 Å². The van der Waals surface area contributed by atoms with Gasteiger partial charge in [-0.25, -0.2) is 0 Å². The van der Waals surface area contributed by atoms with Gasteiger partial charge in [0.25, 0.3) is 0 Å². The summed E-state index contributed by atoms with van der Waals surface area (Å²) in [6.45, 7) is 6.24. The van der Waals surface area contributed by atoms with Crippen LogP contribution in [0, 0.1) is 0 Å². The van der Waals surface area contributed by atoms with Crippen molar-refractivity contribution in [2.75, 3.05) is 19.8 Å². The maximum Gasteiger partial charge on any atom is 0.329 e. The second-order valence-corrected chi connectivity index (χ2v) is 6.44. The molecule has 0 bridgehead atoms. The van der Waals surface area contributed by atoms with Gasteiger partial charge in [0, 0.05) is 18.8 Å². The molecule has 1 aromatic carbocycles. The van der Waals surface area contributed by atoms with Crippen LogP contribution in [0.25, 0.3) is 0 Å². The van der Waals surface area contributed by atoms with Gasteiger partial charge < -0.3 is 14.6 Å². The molecule has 0 aromatic heterocycles. The lowest BCUT2D eigenvalue weighted by Crippen LogP contribution is -2.32. The third kappa shape index (κ3) is 4.90. The van der Waals surface area contributed by atoms with Crippen molar-refractivity contribution in [1.82, 2.24) is 0 Å². The molecule has 1 unspecified atom stereocenters. The van der Waals surface area contributed by atoms with Gasteiger partial charge in [0.05, 0.1) is 0 Å². The number of hydrogen-bond acceptors (Lipinski definition) is 3. The van der Waals surface area contributed by atoms with E-state index in [-0.39, 0.29) is 0 Å². The molecule has 0 aliphatic rings. The molecule has 102 valence electrons. The first-order chi connectivity index (χ1) is 8.83. The first-order valence-corrected chi connectivity index (χ1v) is 8.42. The number of nitrogens with two attached hydrogens (primary N) is 1. The van der Waals surface area contributed by atoms with Crippen molar-refractivity contribution >= 4 is 9.28 Å². The molecule has 0 heterocycles. The van der Waals surface area contributed by atoms with Crippen molar-refractivity contribution in [1.29, 1.82) is 0 Å². The zero-order chi connectivity index (χ0) is 13.2. The number of rotatable bonds is 9. The van der Waals surface area contributed by atoms with Crippen molar-refractivity contribution in [3.63, 3.8) is 0 Å². The van der Waals surface area contributed by atoms with Crippen LogP contribution in [0.1, 0.15) is 37.8 Å². The standard InChI is InChI=1S/C14H25NO2Si/c1-3-16-18(17-4-2)14(11-8-12-15)13-9-6-5-7-10-13/h5-7,9-10,14,18H,3-4,8,11-12,15H2,1-2H3. The monoisotopic (exact) mass is 267 g/mol. The maximum atomic E-state index is 5.87. The summed E-state index contributed by atoms with van der Waals surface area (Å²) in [5, 5.41) is 0. The van der Waals surface area contributed by atoms with Crippen LogP contribution in [0.2, 0.25) is 0 Å². The van der Waals surface area contributed by atoms with E-state index in [1.165, 1.54) is 5.56 Å². The summed E-state index contributed by atoms with van der Waals surface area (Å²) in [5.74, 6) is 0. The minimum atomic E-state index is -1.66. The largest absolute Gasteiger partial charge is 0.396 e. The minimum Gasteiger partial charge on any atom is -0.396 e. The van der Waals surface area contributed by atoms with E-state index in [0.29, 0.717) is 5.54 Å². The zero-order valence-electron chi connectivity index (χ0n) is 11.5. The van der Waals surface area contributed by atoms with E-state index in [4.69, 9.17) is 14.6 Å². The lowest BCUT2D eigenvalue weighted by atomic mass is 10.1. The predicted octanol–water partition coefficient (Wildman–Crippen LogP) is 2.34. The minimum absolute atomic E-state index is 0.398. The Morgan fingerprint density at radius 2 is 1.72 bits per heavy atom. The first kappa shape index (κ1) is 15.4. The second-order valence-electron chi connectivity index (χ2n) is 4.23. The third-order valence-corrected chi connectivity index (χ3v) is 5.64. The molecule has 0 saturated heterocycles. The Morgan fingerprint density at radius 3 is 2.22 bits per heavy atom. The summed E-state index contributed by atoms with van der Waals surface area (Å²) in [7, 11) is -1.66. The van der Waals surface area contributed by atoms with E-state index in [0.717, 1.165) is 32.6 Å². The van der Waals surface area contributed by atoms with Crippen LogP contribution >= 0.6 is 0 Å². The van der Waals surface area contributed by atoms with E-state index in [2.05, 4.69) is 24.3 Å². The van der Waals surface area contributed by atoms with Gasteiger partial charge in [0.1, 0.15) is 0 Å². The number of hydrogen-bond donors (Lipinski definition) is 1. The van der Waals surface area contributed by atoms with Gasteiger partial charge in [-0.1, -0.05) is 30.3 Å². The topological polar surface area (TPSA) is 44.5 Å². The van der Waals surface area contributed by atoms with Crippen molar-refractivity contribution in [2.45, 2.75) is 32.2 Å². The van der Waals surface area contributed by atoms with Crippen LogP contribution < -0.4 is 5.73 Å². The predicted molar refractivity (Wildman–Crippen MR) is 77.9 cm³/mol. The average molecular weight is 267 g/mol. The van der Waals surface area contributed by atoms with Crippen LogP contribution in [0.4, 0.5) is 0 Å². The molecule has 1 rings (SSSR count). The Labute approximate surface area is 112 Å². The Kier molecular flexibility index (Phi) is 7.92. The normalized spacial score (nSPS) is 12.9. The maximum absolute atomic E-state index is 5.87. The Balaban J connectivity index is 2.80. The van der Waals surface area contributed by atoms with Crippen molar-refractivity contribution < 1.29 is 8.85 Å². The molecular weight excluding hydrogens is 242 g/mol. The molecule has 0 aliphatic heterocycles. The van der Waals surface area contributed by atoms with Gasteiger partial charge in [-0.05, 0) is 38.8 Å². The highest BCUT2D eigenvalue weighted by molar-refractivity contribution is 6.46. The van der Waals surface area contributed by atoms with E-state index >= 15 is 0 Å². The fourth-order valence-corrected chi connectivity index (χ4v) is 4.37. The molecular formula is C14H25NO2Si. The molecule has 0 fully saturated rings. The van der Waals surface area contributed by atoms with E-state index in [9.17, 15) is 0 Å². The molecule has 0 radical (unpaired) electrons. The molecule has 18 heavy (non-hydrogen) atoms. The van der Waals surface area contributed by atoms with Gasteiger partial charge in [0.2, 0.25) is 0 Å². The van der Waals surface area contributed by atoms with Gasteiger partial charge >= 0.3 is 9.28 Å². The molecule has 3 nitrogen and oxygen atoms in total. The summed E-state index contributed by atoms with van der Waals surface area (Å²) in [4.78, 5) is 0. The summed E-state index contributed by atoms with van der Waals surface area (Å²) in [6.07, 6.45) is 2.07. The molecule has 0 saturated carbocycles. The van der Waals surface area contributed by atoms with Crippen LogP contribution in [0.5, 0.6) is 0 Å². The zero-order valence-corrected chi connectivity index (χ0v) is 12.6. The van der Waals surface area contributed by atoms with E-state index in [1.54, 1.807) is 0 Å². The Bertz CT molecular complexity index is 302. The molecule has 4 heteroatoms. The van der Waals surface area contributed by atoms with Gasteiger partial charge in [0.15, 0.2) is 0 Å². The Morgan fingerprint density at radius 1 is 1.11 bits per heavy atom. The van der Waals surface area contributed by atoms with Crippen molar-refractivity contribution in [3.05, 3.63) is 35.9 Å². The highest BCUT2D eigenvalue weighted by Gasteiger charge is 2.26. The lowest BCUT2D eigenvalue weighted by molar-refractivity contribution is 0.203. The summed E-state index contributed by atoms with van der Waals surface area (Å²) >= 11 is 0. The van der Waals surface area contributed by atoms with Crippen molar-refractivity contribution in [2.24, 2.45) is 5.73 Å². The molecule has 1 aromatic rings. The van der Waals surface area contributed by atoms with E-state index in [1.807, 2.05) is 19.9 Å². The fraction of sp³-hybridized carbons (Fsp3) is 0.571. The molecule has 2 N–H and O–H groups in total. The quantitative estimate of drug-likeness (QED) is 0.699. The second kappa shape index (κ2) is 9.27. The van der Waals surface area contributed by atoms with Crippen LogP contribution in [-0.2, 0) is 8.85 Å². The van der Waals surface area contributed by atoms with Gasteiger partial charge in [-0.15, -0.1) is 0 Å². The van der Waals surface area contributed by atoms with Gasteiger partial charge in [-0.2, -0.15) is 0 Å². The highest BCUT2D eigenvalue weighted by Crippen LogP contribution is 2.25. The smallest absolute Gasteiger partial charge is 0.329 e. The highest BCUT2D eigenvalue weighted by atomic mass is 28.3. The summed E-state index contributed by atoms with van der Waals surface area (Å²) in [5.41, 5.74) is 7.36. The summed E-state index contributed by atoms with van der Waals surface area (Å²) in [6, 6.07) is 10.5. The fourth-order valence-electron chi connectivity index (χ4n) is 2.11. The van der Waals surface area contributed by atoms with Crippen LogP contribution in [0.15, 0.2) is 30.3 Å².